The molecule has 1 heterocycles. The van der Waals surface area contributed by atoms with Gasteiger partial charge < -0.3 is 14.2 Å². The second-order valence-electron chi connectivity index (χ2n) is 12.0. The molecule has 0 saturated carbocycles. The van der Waals surface area contributed by atoms with Crippen molar-refractivity contribution in [2.24, 2.45) is 22.2 Å². The summed E-state index contributed by atoms with van der Waals surface area (Å²) in [7, 11) is 0. The van der Waals surface area contributed by atoms with Gasteiger partial charge in [0.2, 0.25) is 6.10 Å². The van der Waals surface area contributed by atoms with E-state index in [-0.39, 0.29) is 18.8 Å². The van der Waals surface area contributed by atoms with Gasteiger partial charge in [-0.25, -0.2) is 4.79 Å². The molecule has 3 unspecified atom stereocenters. The van der Waals surface area contributed by atoms with E-state index in [1.807, 2.05) is 13.8 Å². The van der Waals surface area contributed by atoms with Crippen molar-refractivity contribution < 1.29 is 54.9 Å². The molecule has 36 heavy (non-hydrogen) atoms. The van der Waals surface area contributed by atoms with E-state index in [0.717, 1.165) is 0 Å². The largest absolute Gasteiger partial charge is 0.459 e. The van der Waals surface area contributed by atoms with Crippen LogP contribution in [0, 0.1) is 22.2 Å². The molecule has 0 aromatic heterocycles. The molecule has 0 aliphatic carbocycles. The number of cyclic esters (lactones) is 1. The minimum absolute atomic E-state index is 0.0488. The Hall–Kier alpha value is -2.01. The van der Waals surface area contributed by atoms with Crippen LogP contribution in [0.2, 0.25) is 0 Å². The van der Waals surface area contributed by atoms with Crippen LogP contribution in [0.1, 0.15) is 81.1 Å². The molecule has 1 aliphatic heterocycles. The average Bonchev–Trinajstić information content (AvgIpc) is 2.93. The Kier molecular flexibility index (Phi) is 9.58. The summed E-state index contributed by atoms with van der Waals surface area (Å²) < 4.78 is 92.4. The van der Waals surface area contributed by atoms with Crippen molar-refractivity contribution in [2.45, 2.75) is 112 Å². The first kappa shape index (κ1) is 32.0. The molecule has 1 rings (SSSR count). The molecule has 0 amide bonds. The molecule has 12 heteroatoms. The van der Waals surface area contributed by atoms with Gasteiger partial charge in [0.15, 0.2) is 0 Å². The molecule has 0 N–H and O–H groups in total. The highest BCUT2D eigenvalue weighted by Crippen LogP contribution is 2.51. The van der Waals surface area contributed by atoms with Crippen molar-refractivity contribution in [2.75, 3.05) is 0 Å². The van der Waals surface area contributed by atoms with Crippen molar-refractivity contribution in [3.05, 3.63) is 0 Å². The molecule has 1 aliphatic rings. The van der Waals surface area contributed by atoms with Crippen molar-refractivity contribution >= 4 is 17.9 Å². The number of ether oxygens (including phenoxy) is 3. The minimum atomic E-state index is -5.90. The van der Waals surface area contributed by atoms with Crippen molar-refractivity contribution in [3.63, 3.8) is 0 Å². The van der Waals surface area contributed by atoms with Crippen molar-refractivity contribution in [1.82, 2.24) is 0 Å². The topological polar surface area (TPSA) is 78.9 Å². The molecule has 0 spiro atoms. The normalized spacial score (nSPS) is 21.4. The number of esters is 3. The molecule has 1 fully saturated rings. The first-order valence-electron chi connectivity index (χ1n) is 11.6. The van der Waals surface area contributed by atoms with Gasteiger partial charge in [-0.1, -0.05) is 55.4 Å². The van der Waals surface area contributed by atoms with Gasteiger partial charge >= 0.3 is 30.3 Å². The lowest BCUT2D eigenvalue weighted by atomic mass is 9.58. The van der Waals surface area contributed by atoms with Crippen molar-refractivity contribution in [3.8, 4) is 0 Å². The van der Waals surface area contributed by atoms with E-state index in [1.54, 1.807) is 20.8 Å². The Bertz CT molecular complexity index is 792. The van der Waals surface area contributed by atoms with Crippen LogP contribution >= 0.6 is 0 Å². The van der Waals surface area contributed by atoms with Crippen LogP contribution in [0.15, 0.2) is 0 Å². The zero-order valence-corrected chi connectivity index (χ0v) is 21.9. The maximum Gasteiger partial charge on any atom is 0.434 e. The van der Waals surface area contributed by atoms with Crippen LogP contribution in [-0.4, -0.2) is 48.6 Å². The van der Waals surface area contributed by atoms with Crippen LogP contribution in [0.5, 0.6) is 0 Å². The van der Waals surface area contributed by atoms with E-state index >= 15 is 0 Å². The third-order valence-corrected chi connectivity index (χ3v) is 5.95. The van der Waals surface area contributed by atoms with E-state index < -0.39 is 71.2 Å². The van der Waals surface area contributed by atoms with E-state index in [0.29, 0.717) is 6.42 Å². The third kappa shape index (κ3) is 8.54. The Morgan fingerprint density at radius 2 is 1.47 bits per heavy atom. The Labute approximate surface area is 207 Å². The average molecular weight is 535 g/mol. The zero-order valence-electron chi connectivity index (χ0n) is 21.9. The Balaban J connectivity index is 3.36. The number of alkyl halides is 6. The molecule has 0 aromatic rings. The number of rotatable bonds is 8. The second kappa shape index (κ2) is 10.8. The van der Waals surface area contributed by atoms with Crippen LogP contribution < -0.4 is 0 Å². The number of hydrogen-bond donors (Lipinski definition) is 0. The lowest BCUT2D eigenvalue weighted by Gasteiger charge is -2.45. The predicted octanol–water partition coefficient (Wildman–Crippen LogP) is 6.16. The Morgan fingerprint density at radius 3 is 1.86 bits per heavy atom. The molecule has 210 valence electrons. The van der Waals surface area contributed by atoms with Crippen molar-refractivity contribution in [1.29, 1.82) is 0 Å². The molecule has 0 bridgehead atoms. The number of halogens is 6. The molecule has 6 nitrogen and oxygen atoms in total. The fourth-order valence-electron chi connectivity index (χ4n) is 4.32. The van der Waals surface area contributed by atoms with Gasteiger partial charge in [0.25, 0.3) is 6.10 Å². The summed E-state index contributed by atoms with van der Waals surface area (Å²) in [5, 5.41) is 0. The highest BCUT2D eigenvalue weighted by Gasteiger charge is 2.61. The molecular weight excluding hydrogens is 498 g/mol. The molecular formula is C24H36F6O6. The lowest BCUT2D eigenvalue weighted by molar-refractivity contribution is -0.314. The number of carbonyl (C=O) groups is 3. The van der Waals surface area contributed by atoms with Gasteiger partial charge in [-0.3, -0.25) is 9.59 Å². The minimum Gasteiger partial charge on any atom is -0.459 e. The SMILES string of the molecule is CC(C)CC1CC(OC(=O)C(CC(=O)OC(C(F)(F)F)C(F)(F)F)(CC(C)(C)C)C(C)(C)C)C(=O)O1. The van der Waals surface area contributed by atoms with Gasteiger partial charge in [-0.05, 0) is 29.6 Å². The van der Waals surface area contributed by atoms with Gasteiger partial charge in [-0.2, -0.15) is 26.3 Å². The summed E-state index contributed by atoms with van der Waals surface area (Å²) in [6.07, 6.45) is -18.7. The van der Waals surface area contributed by atoms with E-state index in [1.165, 1.54) is 20.8 Å². The first-order valence-corrected chi connectivity index (χ1v) is 11.6. The monoisotopic (exact) mass is 534 g/mol. The van der Waals surface area contributed by atoms with Gasteiger partial charge in [-0.15, -0.1) is 0 Å². The van der Waals surface area contributed by atoms with Gasteiger partial charge in [0.05, 0.1) is 11.8 Å². The highest BCUT2D eigenvalue weighted by atomic mass is 19.4. The van der Waals surface area contributed by atoms with Crippen LogP contribution in [0.3, 0.4) is 0 Å². The van der Waals surface area contributed by atoms with Crippen LogP contribution in [-0.2, 0) is 28.6 Å². The zero-order chi connectivity index (χ0) is 28.5. The van der Waals surface area contributed by atoms with E-state index in [2.05, 4.69) is 4.74 Å². The molecule has 0 radical (unpaired) electrons. The van der Waals surface area contributed by atoms with Gasteiger partial charge in [0.1, 0.15) is 6.10 Å². The summed E-state index contributed by atoms with van der Waals surface area (Å²) in [5.41, 5.74) is -3.83. The van der Waals surface area contributed by atoms with E-state index in [4.69, 9.17) is 9.47 Å². The number of carbonyl (C=O) groups excluding carboxylic acids is 3. The fourth-order valence-corrected chi connectivity index (χ4v) is 4.32. The van der Waals surface area contributed by atoms with E-state index in [9.17, 15) is 40.7 Å². The summed E-state index contributed by atoms with van der Waals surface area (Å²) >= 11 is 0. The summed E-state index contributed by atoms with van der Waals surface area (Å²) in [6.45, 7) is 13.4. The standard InChI is InChI=1S/C24H36F6O6/c1-13(2)9-14-10-15(17(32)34-14)35-19(33)22(21(6,7)8,12-20(3,4)5)11-16(31)36-18(23(25,26)27)24(28,29)30/h13-15,18H,9-12H2,1-8H3. The quantitative estimate of drug-likeness (QED) is 0.211. The maximum absolute atomic E-state index is 13.6. The first-order chi connectivity index (χ1) is 15.9. The Morgan fingerprint density at radius 1 is 0.972 bits per heavy atom. The van der Waals surface area contributed by atoms with Gasteiger partial charge in [0, 0.05) is 6.42 Å². The molecule has 0 aromatic carbocycles. The lowest BCUT2D eigenvalue weighted by Crippen LogP contribution is -2.51. The smallest absolute Gasteiger partial charge is 0.434 e. The third-order valence-electron chi connectivity index (χ3n) is 5.95. The summed E-state index contributed by atoms with van der Waals surface area (Å²) in [4.78, 5) is 38.4. The maximum atomic E-state index is 13.6. The summed E-state index contributed by atoms with van der Waals surface area (Å²) in [5.74, 6) is -3.58. The van der Waals surface area contributed by atoms with Crippen LogP contribution in [0.4, 0.5) is 26.3 Å². The molecule has 3 atom stereocenters. The second-order valence-corrected chi connectivity index (χ2v) is 12.0. The number of hydrogen-bond acceptors (Lipinski definition) is 6. The fraction of sp³-hybridized carbons (Fsp3) is 0.875. The van der Waals surface area contributed by atoms with Crippen LogP contribution in [0.25, 0.3) is 0 Å². The highest BCUT2D eigenvalue weighted by molar-refractivity contribution is 5.87. The predicted molar refractivity (Wildman–Crippen MR) is 116 cm³/mol. The summed E-state index contributed by atoms with van der Waals surface area (Å²) in [6, 6.07) is 0. The molecule has 1 saturated heterocycles.